The molecule has 0 aromatic carbocycles. The highest BCUT2D eigenvalue weighted by atomic mass is 28.4. The number of hydrogen-bond donors (Lipinski definition) is 2. The number of nitrogens with zero attached hydrogens (tertiary/aromatic N) is 2. The second-order valence-corrected chi connectivity index (χ2v) is 13.0. The molecule has 1 aromatic heterocycles. The number of nitrogen functional groups attached to an aromatic ring is 1. The summed E-state index contributed by atoms with van der Waals surface area (Å²) in [4.78, 5) is 15.7. The van der Waals surface area contributed by atoms with Crippen LogP contribution in [0.3, 0.4) is 0 Å². The molecule has 0 spiro atoms. The molecular weight excluding hydrogens is 345 g/mol. The maximum absolute atomic E-state index is 15.7. The minimum atomic E-state index is -2.32. The summed E-state index contributed by atoms with van der Waals surface area (Å²) in [6.45, 7) is 11.1. The first kappa shape index (κ1) is 20.0. The van der Waals surface area contributed by atoms with Gasteiger partial charge in [-0.2, -0.15) is 4.98 Å². The molecule has 4 atom stereocenters. The van der Waals surface area contributed by atoms with Crippen molar-refractivity contribution in [3.63, 3.8) is 0 Å². The Morgan fingerprint density at radius 2 is 2.12 bits per heavy atom. The fourth-order valence-electron chi connectivity index (χ4n) is 2.64. The maximum Gasteiger partial charge on any atom is 0.351 e. The lowest BCUT2D eigenvalue weighted by Crippen LogP contribution is -2.52. The van der Waals surface area contributed by atoms with Gasteiger partial charge in [-0.25, -0.2) is 9.18 Å². The Hall–Kier alpha value is -1.29. The number of alkyl halides is 1. The van der Waals surface area contributed by atoms with Crippen LogP contribution in [-0.2, 0) is 9.16 Å². The van der Waals surface area contributed by atoms with Gasteiger partial charge in [0.2, 0.25) is 0 Å². The number of hydrogen-bond acceptors (Lipinski definition) is 6. The number of nitrogens with two attached hydrogens (primary N) is 1. The van der Waals surface area contributed by atoms with Crippen LogP contribution in [-0.4, -0.2) is 47.5 Å². The monoisotopic (exact) mass is 373 g/mol. The Bertz CT molecular complexity index is 687. The highest BCUT2D eigenvalue weighted by Gasteiger charge is 2.58. The fourth-order valence-corrected chi connectivity index (χ4v) is 4.01. The molecule has 7 nitrogen and oxygen atoms in total. The standard InChI is InChI=1S/C16H28FN3O4Si/c1-15(2,3)25(5,6)24-12-10(9-21)23-13(16(12,4)17)20-8-7-11(18)19-14(20)22/h7-8,10,12-13,21H,9H2,1-6H3,(H2,18,19,22)/t10-,12?,13-,16?/m1/s1. The SMILES string of the molecule is CC1(F)C(O[Si](C)(C)C(C)(C)C)[C@@H](CO)O[C@H]1n1ccc(N)nc1=O. The van der Waals surface area contributed by atoms with Crippen molar-refractivity contribution in [2.75, 3.05) is 12.3 Å². The molecule has 2 rings (SSSR count). The van der Waals surface area contributed by atoms with Gasteiger partial charge in [-0.3, -0.25) is 4.57 Å². The van der Waals surface area contributed by atoms with Gasteiger partial charge < -0.3 is 20.0 Å². The van der Waals surface area contributed by atoms with Crippen LogP contribution in [0.1, 0.15) is 33.9 Å². The zero-order valence-electron chi connectivity index (χ0n) is 15.6. The number of aliphatic hydroxyl groups excluding tert-OH is 1. The largest absolute Gasteiger partial charge is 0.408 e. The number of halogens is 1. The van der Waals surface area contributed by atoms with Crippen LogP contribution in [0, 0.1) is 0 Å². The minimum absolute atomic E-state index is 0.0487. The molecule has 0 amide bonds. The summed E-state index contributed by atoms with van der Waals surface area (Å²) in [5, 5.41) is 9.53. The fraction of sp³-hybridized carbons (Fsp3) is 0.750. The molecule has 9 heteroatoms. The summed E-state index contributed by atoms with van der Waals surface area (Å²) in [5.74, 6) is 0.0487. The normalized spacial score (nSPS) is 30.6. The second kappa shape index (κ2) is 6.46. The predicted octanol–water partition coefficient (Wildman–Crippen LogP) is 1.83. The van der Waals surface area contributed by atoms with Gasteiger partial charge >= 0.3 is 5.69 Å². The van der Waals surface area contributed by atoms with Gasteiger partial charge in [0.15, 0.2) is 20.2 Å². The first-order chi connectivity index (χ1) is 11.3. The summed E-state index contributed by atoms with van der Waals surface area (Å²) in [5.41, 5.74) is 2.75. The average Bonchev–Trinajstić information content (AvgIpc) is 2.69. The molecule has 1 fully saturated rings. The van der Waals surface area contributed by atoms with Crippen molar-refractivity contribution in [1.82, 2.24) is 9.55 Å². The molecule has 142 valence electrons. The molecule has 1 aliphatic heterocycles. The van der Waals surface area contributed by atoms with E-state index in [0.717, 1.165) is 4.57 Å². The van der Waals surface area contributed by atoms with E-state index in [0.29, 0.717) is 0 Å². The molecule has 1 saturated heterocycles. The van der Waals surface area contributed by atoms with Crippen molar-refractivity contribution in [1.29, 1.82) is 0 Å². The Morgan fingerprint density at radius 3 is 2.60 bits per heavy atom. The topological polar surface area (TPSA) is 99.6 Å². The number of aliphatic hydroxyl groups is 1. The summed E-state index contributed by atoms with van der Waals surface area (Å²) in [7, 11) is -2.32. The summed E-state index contributed by atoms with van der Waals surface area (Å²) < 4.78 is 28.6. The van der Waals surface area contributed by atoms with Crippen LogP contribution in [0.15, 0.2) is 17.1 Å². The molecular formula is C16H28FN3O4Si. The van der Waals surface area contributed by atoms with Crippen molar-refractivity contribution in [2.24, 2.45) is 0 Å². The van der Waals surface area contributed by atoms with E-state index in [1.165, 1.54) is 19.2 Å². The van der Waals surface area contributed by atoms with Crippen LogP contribution >= 0.6 is 0 Å². The molecule has 25 heavy (non-hydrogen) atoms. The Morgan fingerprint density at radius 1 is 1.52 bits per heavy atom. The average molecular weight is 374 g/mol. The second-order valence-electron chi connectivity index (χ2n) is 8.20. The van der Waals surface area contributed by atoms with E-state index in [1.807, 2.05) is 33.9 Å². The van der Waals surface area contributed by atoms with Crippen LogP contribution in [0.5, 0.6) is 0 Å². The van der Waals surface area contributed by atoms with E-state index < -0.39 is 44.7 Å². The number of anilines is 1. The lowest BCUT2D eigenvalue weighted by molar-refractivity contribution is -0.0610. The van der Waals surface area contributed by atoms with Gasteiger partial charge in [0.25, 0.3) is 0 Å². The molecule has 1 aliphatic rings. The van der Waals surface area contributed by atoms with Crippen molar-refractivity contribution >= 4 is 14.1 Å². The first-order valence-electron chi connectivity index (χ1n) is 8.29. The minimum Gasteiger partial charge on any atom is -0.408 e. The third kappa shape index (κ3) is 3.64. The Labute approximate surface area is 148 Å². The molecule has 0 radical (unpaired) electrons. The molecule has 0 saturated carbocycles. The summed E-state index contributed by atoms with van der Waals surface area (Å²) in [6, 6.07) is 1.40. The number of ether oxygens (including phenoxy) is 1. The van der Waals surface area contributed by atoms with E-state index in [4.69, 9.17) is 14.9 Å². The van der Waals surface area contributed by atoms with Crippen LogP contribution in [0.25, 0.3) is 0 Å². The van der Waals surface area contributed by atoms with E-state index in [2.05, 4.69) is 4.98 Å². The van der Waals surface area contributed by atoms with Crippen molar-refractivity contribution in [2.45, 2.75) is 69.9 Å². The van der Waals surface area contributed by atoms with Crippen molar-refractivity contribution in [3.8, 4) is 0 Å². The van der Waals surface area contributed by atoms with Crippen LogP contribution < -0.4 is 11.4 Å². The number of aromatic nitrogens is 2. The van der Waals surface area contributed by atoms with Gasteiger partial charge in [-0.1, -0.05) is 20.8 Å². The molecule has 0 aliphatic carbocycles. The smallest absolute Gasteiger partial charge is 0.351 e. The molecule has 0 bridgehead atoms. The van der Waals surface area contributed by atoms with Crippen molar-refractivity contribution < 1.29 is 18.7 Å². The Kier molecular flexibility index (Phi) is 5.17. The van der Waals surface area contributed by atoms with E-state index in [1.54, 1.807) is 0 Å². The van der Waals surface area contributed by atoms with E-state index in [9.17, 15) is 9.90 Å². The predicted molar refractivity (Wildman–Crippen MR) is 95.5 cm³/mol. The van der Waals surface area contributed by atoms with Gasteiger partial charge in [-0.15, -0.1) is 0 Å². The van der Waals surface area contributed by atoms with Crippen LogP contribution in [0.4, 0.5) is 10.2 Å². The number of rotatable bonds is 4. The third-order valence-corrected chi connectivity index (χ3v) is 9.65. The molecule has 1 aromatic rings. The van der Waals surface area contributed by atoms with Gasteiger partial charge in [-0.05, 0) is 31.1 Å². The molecule has 2 heterocycles. The third-order valence-electron chi connectivity index (χ3n) is 5.19. The zero-order valence-corrected chi connectivity index (χ0v) is 16.6. The summed E-state index contributed by atoms with van der Waals surface area (Å²) in [6.07, 6.45) is -1.78. The van der Waals surface area contributed by atoms with Gasteiger partial charge in [0.05, 0.1) is 6.61 Å². The quantitative estimate of drug-likeness (QED) is 0.781. The van der Waals surface area contributed by atoms with Crippen molar-refractivity contribution in [3.05, 3.63) is 22.7 Å². The van der Waals surface area contributed by atoms with Crippen LogP contribution in [0.2, 0.25) is 18.1 Å². The molecule has 3 N–H and O–H groups in total. The van der Waals surface area contributed by atoms with Gasteiger partial charge in [0, 0.05) is 6.20 Å². The zero-order chi connectivity index (χ0) is 19.2. The van der Waals surface area contributed by atoms with E-state index in [-0.39, 0.29) is 10.9 Å². The van der Waals surface area contributed by atoms with E-state index >= 15 is 4.39 Å². The highest BCUT2D eigenvalue weighted by molar-refractivity contribution is 6.74. The highest BCUT2D eigenvalue weighted by Crippen LogP contribution is 2.46. The Balaban J connectivity index is 2.41. The van der Waals surface area contributed by atoms with Gasteiger partial charge in [0.1, 0.15) is 18.0 Å². The maximum atomic E-state index is 15.7. The lowest BCUT2D eigenvalue weighted by atomic mass is 9.98. The molecule has 2 unspecified atom stereocenters. The lowest BCUT2D eigenvalue weighted by Gasteiger charge is -2.41. The summed E-state index contributed by atoms with van der Waals surface area (Å²) >= 11 is 0. The first-order valence-corrected chi connectivity index (χ1v) is 11.2.